The lowest BCUT2D eigenvalue weighted by Crippen LogP contribution is -2.42. The van der Waals surface area contributed by atoms with Crippen molar-refractivity contribution in [3.05, 3.63) is 53.6 Å². The molecule has 6 nitrogen and oxygen atoms in total. The van der Waals surface area contributed by atoms with E-state index in [9.17, 15) is 9.59 Å². The number of carbonyl (C=O) groups is 2. The maximum Gasteiger partial charge on any atom is 0.267 e. The van der Waals surface area contributed by atoms with Gasteiger partial charge in [0, 0.05) is 25.8 Å². The third-order valence-corrected chi connectivity index (χ3v) is 5.16. The van der Waals surface area contributed by atoms with Crippen molar-refractivity contribution in [2.24, 2.45) is 0 Å². The van der Waals surface area contributed by atoms with Gasteiger partial charge in [-0.1, -0.05) is 24.3 Å². The van der Waals surface area contributed by atoms with Crippen LogP contribution >= 0.6 is 0 Å². The standard InChI is InChI=1S/C21H23N3O3/c1-14-21(26)23(2)18-11-17(7-8-19(18)27-14)22-20(25)13-24-10-9-15-5-3-4-6-16(15)12-24/h3-8,11,14H,9-10,12-13H2,1-2H3,(H,22,25). The zero-order valence-electron chi connectivity index (χ0n) is 15.6. The van der Waals surface area contributed by atoms with Crippen LogP contribution in [0.1, 0.15) is 18.1 Å². The second-order valence-electron chi connectivity index (χ2n) is 7.12. The third-order valence-electron chi connectivity index (χ3n) is 5.16. The van der Waals surface area contributed by atoms with Crippen molar-refractivity contribution in [1.29, 1.82) is 0 Å². The molecule has 1 atom stereocenters. The molecule has 140 valence electrons. The van der Waals surface area contributed by atoms with E-state index < -0.39 is 6.10 Å². The van der Waals surface area contributed by atoms with Crippen molar-refractivity contribution in [3.63, 3.8) is 0 Å². The molecule has 2 aliphatic rings. The highest BCUT2D eigenvalue weighted by Crippen LogP contribution is 2.35. The molecule has 0 saturated heterocycles. The Bertz CT molecular complexity index is 896. The number of amides is 2. The van der Waals surface area contributed by atoms with Crippen LogP contribution in [0.3, 0.4) is 0 Å². The minimum Gasteiger partial charge on any atom is -0.479 e. The minimum atomic E-state index is -0.495. The van der Waals surface area contributed by atoms with Gasteiger partial charge in [0.2, 0.25) is 5.91 Å². The van der Waals surface area contributed by atoms with Crippen molar-refractivity contribution >= 4 is 23.2 Å². The van der Waals surface area contributed by atoms with Crippen LogP contribution in [0.15, 0.2) is 42.5 Å². The smallest absolute Gasteiger partial charge is 0.267 e. The van der Waals surface area contributed by atoms with Crippen LogP contribution in [-0.4, -0.2) is 43.0 Å². The van der Waals surface area contributed by atoms with Crippen molar-refractivity contribution in [2.45, 2.75) is 26.0 Å². The first-order valence-corrected chi connectivity index (χ1v) is 9.18. The van der Waals surface area contributed by atoms with Gasteiger partial charge in [0.1, 0.15) is 5.75 Å². The van der Waals surface area contributed by atoms with Gasteiger partial charge in [-0.25, -0.2) is 0 Å². The molecule has 2 heterocycles. The molecule has 0 saturated carbocycles. The second-order valence-corrected chi connectivity index (χ2v) is 7.12. The quantitative estimate of drug-likeness (QED) is 0.908. The SMILES string of the molecule is CC1Oc2ccc(NC(=O)CN3CCc4ccccc4C3)cc2N(C)C1=O. The number of nitrogens with one attached hydrogen (secondary N) is 1. The molecule has 2 amide bonds. The number of fused-ring (bicyclic) bond motifs is 2. The normalized spacial score (nSPS) is 19.1. The van der Waals surface area contributed by atoms with Crippen molar-refractivity contribution in [3.8, 4) is 5.75 Å². The van der Waals surface area contributed by atoms with Gasteiger partial charge in [0.25, 0.3) is 5.91 Å². The molecule has 0 spiro atoms. The Balaban J connectivity index is 1.41. The lowest BCUT2D eigenvalue weighted by atomic mass is 10.00. The predicted octanol–water partition coefficient (Wildman–Crippen LogP) is 2.43. The number of likely N-dealkylation sites (N-methyl/N-ethyl adjacent to an activating group) is 1. The minimum absolute atomic E-state index is 0.0617. The van der Waals surface area contributed by atoms with E-state index >= 15 is 0 Å². The van der Waals surface area contributed by atoms with Crippen LogP contribution in [0, 0.1) is 0 Å². The molecule has 1 unspecified atom stereocenters. The zero-order chi connectivity index (χ0) is 19.0. The molecule has 2 aliphatic heterocycles. The number of hydrogen-bond donors (Lipinski definition) is 1. The summed E-state index contributed by atoms with van der Waals surface area (Å²) in [6, 6.07) is 13.7. The van der Waals surface area contributed by atoms with E-state index in [1.54, 1.807) is 37.1 Å². The number of hydrogen-bond acceptors (Lipinski definition) is 4. The van der Waals surface area contributed by atoms with Crippen LogP contribution in [0.25, 0.3) is 0 Å². The van der Waals surface area contributed by atoms with Gasteiger partial charge in [-0.3, -0.25) is 14.5 Å². The molecular weight excluding hydrogens is 342 g/mol. The average molecular weight is 365 g/mol. The Labute approximate surface area is 158 Å². The average Bonchev–Trinajstić information content (AvgIpc) is 2.66. The third kappa shape index (κ3) is 3.53. The van der Waals surface area contributed by atoms with Gasteiger partial charge in [0.05, 0.1) is 12.2 Å². The van der Waals surface area contributed by atoms with E-state index in [0.717, 1.165) is 19.5 Å². The first-order chi connectivity index (χ1) is 13.0. The maximum atomic E-state index is 12.5. The fourth-order valence-electron chi connectivity index (χ4n) is 3.68. The van der Waals surface area contributed by atoms with Gasteiger partial charge < -0.3 is 15.0 Å². The number of carbonyl (C=O) groups excluding carboxylic acids is 2. The highest BCUT2D eigenvalue weighted by atomic mass is 16.5. The van der Waals surface area contributed by atoms with Crippen LogP contribution in [-0.2, 0) is 22.6 Å². The number of benzene rings is 2. The van der Waals surface area contributed by atoms with Crippen molar-refractivity contribution in [2.75, 3.05) is 30.4 Å². The summed E-state index contributed by atoms with van der Waals surface area (Å²) >= 11 is 0. The summed E-state index contributed by atoms with van der Waals surface area (Å²) in [7, 11) is 1.72. The fourth-order valence-corrected chi connectivity index (χ4v) is 3.68. The van der Waals surface area contributed by atoms with Gasteiger partial charge in [-0.15, -0.1) is 0 Å². The highest BCUT2D eigenvalue weighted by Gasteiger charge is 2.29. The van der Waals surface area contributed by atoms with Crippen LogP contribution in [0.2, 0.25) is 0 Å². The molecule has 0 aromatic heterocycles. The largest absolute Gasteiger partial charge is 0.479 e. The molecule has 0 fully saturated rings. The Morgan fingerprint density at radius 1 is 1.22 bits per heavy atom. The Kier molecular flexibility index (Phi) is 4.58. The van der Waals surface area contributed by atoms with E-state index in [4.69, 9.17) is 4.74 Å². The molecule has 0 aliphatic carbocycles. The molecular formula is C21H23N3O3. The topological polar surface area (TPSA) is 61.9 Å². The van der Waals surface area contributed by atoms with Gasteiger partial charge >= 0.3 is 0 Å². The zero-order valence-corrected chi connectivity index (χ0v) is 15.6. The molecule has 1 N–H and O–H groups in total. The maximum absolute atomic E-state index is 12.5. The summed E-state index contributed by atoms with van der Waals surface area (Å²) in [5.41, 5.74) is 3.99. The Morgan fingerprint density at radius 2 is 2.00 bits per heavy atom. The number of rotatable bonds is 3. The fraction of sp³-hybridized carbons (Fsp3) is 0.333. The summed E-state index contributed by atoms with van der Waals surface area (Å²) in [6.45, 7) is 3.73. The van der Waals surface area contributed by atoms with Crippen LogP contribution < -0.4 is 15.0 Å². The summed E-state index contributed by atoms with van der Waals surface area (Å²) in [5, 5.41) is 2.94. The summed E-state index contributed by atoms with van der Waals surface area (Å²) in [6.07, 6.45) is 0.468. The molecule has 27 heavy (non-hydrogen) atoms. The predicted molar refractivity (Wildman–Crippen MR) is 104 cm³/mol. The van der Waals surface area contributed by atoms with Gasteiger partial charge in [-0.05, 0) is 42.7 Å². The molecule has 2 aromatic carbocycles. The number of nitrogens with zero attached hydrogens (tertiary/aromatic N) is 2. The first-order valence-electron chi connectivity index (χ1n) is 9.18. The van der Waals surface area contributed by atoms with Crippen LogP contribution in [0.4, 0.5) is 11.4 Å². The molecule has 0 radical (unpaired) electrons. The van der Waals surface area contributed by atoms with Crippen LogP contribution in [0.5, 0.6) is 5.75 Å². The van der Waals surface area contributed by atoms with E-state index in [2.05, 4.69) is 28.4 Å². The van der Waals surface area contributed by atoms with E-state index in [0.29, 0.717) is 23.7 Å². The first kappa shape index (κ1) is 17.5. The second kappa shape index (κ2) is 7.04. The van der Waals surface area contributed by atoms with E-state index in [1.807, 2.05) is 6.07 Å². The van der Waals surface area contributed by atoms with Gasteiger partial charge in [-0.2, -0.15) is 0 Å². The lowest BCUT2D eigenvalue weighted by Gasteiger charge is -2.30. The molecule has 0 bridgehead atoms. The molecule has 6 heteroatoms. The van der Waals surface area contributed by atoms with E-state index in [-0.39, 0.29) is 11.8 Å². The highest BCUT2D eigenvalue weighted by molar-refractivity contribution is 6.00. The summed E-state index contributed by atoms with van der Waals surface area (Å²) in [5.74, 6) is 0.488. The van der Waals surface area contributed by atoms with Crippen molar-refractivity contribution < 1.29 is 14.3 Å². The monoisotopic (exact) mass is 365 g/mol. The van der Waals surface area contributed by atoms with Crippen molar-refractivity contribution in [1.82, 2.24) is 4.90 Å². The summed E-state index contributed by atoms with van der Waals surface area (Å²) < 4.78 is 5.62. The Hall–Kier alpha value is -2.86. The van der Waals surface area contributed by atoms with E-state index in [1.165, 1.54) is 11.1 Å². The lowest BCUT2D eigenvalue weighted by molar-refractivity contribution is -0.125. The molecule has 2 aromatic rings. The van der Waals surface area contributed by atoms with Gasteiger partial charge in [0.15, 0.2) is 6.10 Å². The number of ether oxygens (including phenoxy) is 1. The number of anilines is 2. The summed E-state index contributed by atoms with van der Waals surface area (Å²) in [4.78, 5) is 28.3. The molecule has 4 rings (SSSR count). The Morgan fingerprint density at radius 3 is 2.81 bits per heavy atom.